The Kier molecular flexibility index (Phi) is 3.47. The quantitative estimate of drug-likeness (QED) is 0.770. The lowest BCUT2D eigenvalue weighted by Crippen LogP contribution is -2.45. The normalized spacial score (nSPS) is 24.8. The van der Waals surface area contributed by atoms with Crippen LogP contribution in [0, 0.1) is 0 Å². The zero-order valence-corrected chi connectivity index (χ0v) is 10.9. The summed E-state index contributed by atoms with van der Waals surface area (Å²) in [4.78, 5) is 12.8. The van der Waals surface area contributed by atoms with Crippen LogP contribution >= 0.6 is 0 Å². The van der Waals surface area contributed by atoms with Crippen molar-refractivity contribution in [1.82, 2.24) is 9.97 Å². The number of morpholine rings is 1. The van der Waals surface area contributed by atoms with Gasteiger partial charge in [0.15, 0.2) is 0 Å². The van der Waals surface area contributed by atoms with Crippen LogP contribution in [0.2, 0.25) is 0 Å². The lowest BCUT2D eigenvalue weighted by molar-refractivity contribution is -0.00546. The Labute approximate surface area is 102 Å². The topological polar surface area (TPSA) is 41.5 Å². The molecule has 0 amide bonds. The summed E-state index contributed by atoms with van der Waals surface area (Å²) in [5.41, 5.74) is 0. The molecule has 1 aliphatic heterocycles. The Balaban J connectivity index is 2.18. The summed E-state index contributed by atoms with van der Waals surface area (Å²) in [7, 11) is 3.97. The molecule has 0 aliphatic carbocycles. The average Bonchev–Trinajstić information content (AvgIpc) is 2.28. The molecule has 0 aromatic carbocycles. The summed E-state index contributed by atoms with van der Waals surface area (Å²) in [5.74, 6) is 1.91. The number of nitrogens with zero attached hydrogens (tertiary/aromatic N) is 4. The zero-order valence-electron chi connectivity index (χ0n) is 10.9. The summed E-state index contributed by atoms with van der Waals surface area (Å²) in [6.07, 6.45) is 2.11. The van der Waals surface area contributed by atoms with Gasteiger partial charge in [0.1, 0.15) is 18.0 Å². The molecule has 5 heteroatoms. The van der Waals surface area contributed by atoms with Gasteiger partial charge in [-0.05, 0) is 13.8 Å². The molecule has 0 radical (unpaired) electrons. The van der Waals surface area contributed by atoms with Gasteiger partial charge >= 0.3 is 0 Å². The van der Waals surface area contributed by atoms with Gasteiger partial charge in [0.25, 0.3) is 0 Å². The van der Waals surface area contributed by atoms with Crippen LogP contribution in [0.1, 0.15) is 13.8 Å². The molecule has 0 spiro atoms. The van der Waals surface area contributed by atoms with Crippen LogP contribution in [-0.2, 0) is 4.74 Å². The van der Waals surface area contributed by atoms with Gasteiger partial charge in [-0.3, -0.25) is 0 Å². The van der Waals surface area contributed by atoms with E-state index in [1.807, 2.05) is 25.1 Å². The first kappa shape index (κ1) is 12.1. The van der Waals surface area contributed by atoms with Gasteiger partial charge in [0, 0.05) is 33.3 Å². The zero-order chi connectivity index (χ0) is 12.4. The second-order valence-electron chi connectivity index (χ2n) is 4.79. The molecule has 94 valence electrons. The number of aromatic nitrogens is 2. The van der Waals surface area contributed by atoms with Crippen molar-refractivity contribution in [2.45, 2.75) is 26.1 Å². The molecular weight excluding hydrogens is 216 g/mol. The molecule has 1 aliphatic rings. The number of ether oxygens (including phenoxy) is 1. The average molecular weight is 236 g/mol. The first-order valence-corrected chi connectivity index (χ1v) is 5.96. The van der Waals surface area contributed by atoms with Crippen molar-refractivity contribution in [3.05, 3.63) is 12.4 Å². The number of rotatable bonds is 2. The van der Waals surface area contributed by atoms with Crippen LogP contribution in [0.3, 0.4) is 0 Å². The molecule has 0 N–H and O–H groups in total. The summed E-state index contributed by atoms with van der Waals surface area (Å²) < 4.78 is 5.72. The molecule has 2 unspecified atom stereocenters. The minimum absolute atomic E-state index is 0.247. The van der Waals surface area contributed by atoms with Gasteiger partial charge < -0.3 is 14.5 Å². The van der Waals surface area contributed by atoms with E-state index in [1.165, 1.54) is 0 Å². The lowest BCUT2D eigenvalue weighted by Gasteiger charge is -2.36. The highest BCUT2D eigenvalue weighted by molar-refractivity contribution is 5.49. The molecule has 0 saturated carbocycles. The van der Waals surface area contributed by atoms with E-state index in [1.54, 1.807) is 6.33 Å². The highest BCUT2D eigenvalue weighted by Gasteiger charge is 2.23. The van der Waals surface area contributed by atoms with Crippen LogP contribution in [0.25, 0.3) is 0 Å². The van der Waals surface area contributed by atoms with Gasteiger partial charge in [0.05, 0.1) is 12.2 Å². The maximum atomic E-state index is 5.72. The van der Waals surface area contributed by atoms with Gasteiger partial charge in [0.2, 0.25) is 0 Å². The fraction of sp³-hybridized carbons (Fsp3) is 0.667. The first-order valence-electron chi connectivity index (χ1n) is 5.96. The molecule has 1 aromatic heterocycles. The van der Waals surface area contributed by atoms with Crippen molar-refractivity contribution in [3.8, 4) is 0 Å². The van der Waals surface area contributed by atoms with Gasteiger partial charge in [-0.15, -0.1) is 0 Å². The summed E-state index contributed by atoms with van der Waals surface area (Å²) in [6, 6.07) is 2.02. The van der Waals surface area contributed by atoms with Crippen molar-refractivity contribution in [1.29, 1.82) is 0 Å². The second kappa shape index (κ2) is 4.87. The van der Waals surface area contributed by atoms with E-state index < -0.39 is 0 Å². The first-order chi connectivity index (χ1) is 8.06. The lowest BCUT2D eigenvalue weighted by atomic mass is 10.2. The van der Waals surface area contributed by atoms with E-state index in [0.29, 0.717) is 0 Å². The molecule has 17 heavy (non-hydrogen) atoms. The highest BCUT2D eigenvalue weighted by Crippen LogP contribution is 2.20. The number of hydrogen-bond donors (Lipinski definition) is 0. The molecule has 2 heterocycles. The standard InChI is InChI=1S/C12H20N4O/c1-9-6-16(7-10(2)17-9)12-5-11(15(3)4)13-8-14-12/h5,8-10H,6-7H2,1-4H3. The van der Waals surface area contributed by atoms with Crippen LogP contribution < -0.4 is 9.80 Å². The third kappa shape index (κ3) is 2.85. The van der Waals surface area contributed by atoms with Gasteiger partial charge in [-0.1, -0.05) is 0 Å². The minimum Gasteiger partial charge on any atom is -0.372 e. The SMILES string of the molecule is CC1CN(c2cc(N(C)C)ncn2)CC(C)O1. The Morgan fingerprint density at radius 2 is 1.88 bits per heavy atom. The third-order valence-corrected chi connectivity index (χ3v) is 2.84. The molecule has 1 saturated heterocycles. The monoisotopic (exact) mass is 236 g/mol. The molecule has 2 rings (SSSR count). The minimum atomic E-state index is 0.247. The summed E-state index contributed by atoms with van der Waals surface area (Å²) >= 11 is 0. The van der Waals surface area contributed by atoms with Crippen LogP contribution in [0.15, 0.2) is 12.4 Å². The largest absolute Gasteiger partial charge is 0.372 e. The van der Waals surface area contributed by atoms with E-state index in [0.717, 1.165) is 24.7 Å². The summed E-state index contributed by atoms with van der Waals surface area (Å²) in [6.45, 7) is 5.95. The number of anilines is 2. The van der Waals surface area contributed by atoms with Crippen molar-refractivity contribution in [2.75, 3.05) is 37.0 Å². The molecule has 1 aromatic rings. The molecule has 5 nitrogen and oxygen atoms in total. The fourth-order valence-corrected chi connectivity index (χ4v) is 2.12. The van der Waals surface area contributed by atoms with E-state index in [4.69, 9.17) is 4.74 Å². The van der Waals surface area contributed by atoms with Crippen molar-refractivity contribution in [3.63, 3.8) is 0 Å². The van der Waals surface area contributed by atoms with Crippen LogP contribution in [0.5, 0.6) is 0 Å². The van der Waals surface area contributed by atoms with Crippen molar-refractivity contribution < 1.29 is 4.74 Å². The Morgan fingerprint density at radius 3 is 2.47 bits per heavy atom. The number of hydrogen-bond acceptors (Lipinski definition) is 5. The molecule has 0 bridgehead atoms. The van der Waals surface area contributed by atoms with E-state index in [-0.39, 0.29) is 12.2 Å². The predicted molar refractivity (Wildman–Crippen MR) is 68.6 cm³/mol. The fourth-order valence-electron chi connectivity index (χ4n) is 2.12. The summed E-state index contributed by atoms with van der Waals surface area (Å²) in [5, 5.41) is 0. The van der Waals surface area contributed by atoms with Crippen LogP contribution in [0.4, 0.5) is 11.6 Å². The second-order valence-corrected chi connectivity index (χ2v) is 4.79. The van der Waals surface area contributed by atoms with Crippen LogP contribution in [-0.4, -0.2) is 49.4 Å². The Morgan fingerprint density at radius 1 is 1.24 bits per heavy atom. The van der Waals surface area contributed by atoms with Crippen molar-refractivity contribution >= 4 is 11.6 Å². The Bertz CT molecular complexity index is 373. The predicted octanol–water partition coefficient (Wildman–Crippen LogP) is 1.16. The molecule has 2 atom stereocenters. The Hall–Kier alpha value is -1.36. The maximum Gasteiger partial charge on any atom is 0.134 e. The highest BCUT2D eigenvalue weighted by atomic mass is 16.5. The van der Waals surface area contributed by atoms with E-state index >= 15 is 0 Å². The van der Waals surface area contributed by atoms with Gasteiger partial charge in [-0.25, -0.2) is 9.97 Å². The van der Waals surface area contributed by atoms with E-state index in [9.17, 15) is 0 Å². The third-order valence-electron chi connectivity index (χ3n) is 2.84. The van der Waals surface area contributed by atoms with Gasteiger partial charge in [-0.2, -0.15) is 0 Å². The molecule has 1 fully saturated rings. The molecular formula is C12H20N4O. The van der Waals surface area contributed by atoms with Crippen molar-refractivity contribution in [2.24, 2.45) is 0 Å². The van der Waals surface area contributed by atoms with E-state index in [2.05, 4.69) is 28.7 Å². The smallest absolute Gasteiger partial charge is 0.134 e. The maximum absolute atomic E-state index is 5.72.